The third-order valence-corrected chi connectivity index (χ3v) is 4.48. The molecule has 0 heterocycles. The fourth-order valence-corrected chi connectivity index (χ4v) is 2.91. The van der Waals surface area contributed by atoms with E-state index in [0.29, 0.717) is 10.4 Å². The molecule has 1 atom stereocenters. The lowest BCUT2D eigenvalue weighted by Crippen LogP contribution is -2.26. The average molecular weight is 263 g/mol. The molecular formula is C14H15ClN2O. The van der Waals surface area contributed by atoms with Crippen molar-refractivity contribution in [3.63, 3.8) is 0 Å². The van der Waals surface area contributed by atoms with Gasteiger partial charge in [0.1, 0.15) is 0 Å². The van der Waals surface area contributed by atoms with E-state index in [4.69, 9.17) is 11.6 Å². The summed E-state index contributed by atoms with van der Waals surface area (Å²) < 4.78 is 0. The van der Waals surface area contributed by atoms with Crippen LogP contribution in [0.2, 0.25) is 5.02 Å². The van der Waals surface area contributed by atoms with Gasteiger partial charge in [0.15, 0.2) is 0 Å². The van der Waals surface area contributed by atoms with E-state index in [-0.39, 0.29) is 11.8 Å². The van der Waals surface area contributed by atoms with Gasteiger partial charge in [-0.2, -0.15) is 5.10 Å². The zero-order valence-electron chi connectivity index (χ0n) is 10.0. The van der Waals surface area contributed by atoms with Crippen molar-refractivity contribution in [3.05, 3.63) is 34.9 Å². The van der Waals surface area contributed by atoms with E-state index in [1.807, 2.05) is 18.2 Å². The Morgan fingerprint density at radius 1 is 1.44 bits per heavy atom. The van der Waals surface area contributed by atoms with E-state index in [1.165, 1.54) is 19.3 Å². The van der Waals surface area contributed by atoms with Gasteiger partial charge in [0.2, 0.25) is 5.91 Å². The second-order valence-corrected chi connectivity index (χ2v) is 5.64. The van der Waals surface area contributed by atoms with Crippen LogP contribution in [-0.4, -0.2) is 12.1 Å². The minimum atomic E-state index is 0.0537. The summed E-state index contributed by atoms with van der Waals surface area (Å²) in [7, 11) is 0. The van der Waals surface area contributed by atoms with Crippen molar-refractivity contribution in [2.45, 2.75) is 25.7 Å². The molecule has 0 radical (unpaired) electrons. The Morgan fingerprint density at radius 2 is 2.22 bits per heavy atom. The van der Waals surface area contributed by atoms with E-state index in [9.17, 15) is 4.79 Å². The Kier molecular flexibility index (Phi) is 2.86. The van der Waals surface area contributed by atoms with E-state index >= 15 is 0 Å². The maximum Gasteiger partial charge on any atom is 0.243 e. The third kappa shape index (κ3) is 2.03. The first-order valence-corrected chi connectivity index (χ1v) is 6.67. The van der Waals surface area contributed by atoms with E-state index in [0.717, 1.165) is 12.0 Å². The van der Waals surface area contributed by atoms with Crippen molar-refractivity contribution in [1.82, 2.24) is 5.43 Å². The van der Waals surface area contributed by atoms with Crippen LogP contribution < -0.4 is 5.43 Å². The Bertz CT molecular complexity index is 508. The molecule has 1 spiro atoms. The molecule has 0 saturated heterocycles. The molecule has 0 aliphatic heterocycles. The van der Waals surface area contributed by atoms with Crippen LogP contribution in [-0.2, 0) is 4.79 Å². The largest absolute Gasteiger partial charge is 0.273 e. The highest BCUT2D eigenvalue weighted by atomic mass is 35.5. The average Bonchev–Trinajstić information content (AvgIpc) is 3.07. The molecule has 1 aromatic rings. The Balaban J connectivity index is 1.55. The molecule has 2 aliphatic carbocycles. The topological polar surface area (TPSA) is 41.5 Å². The molecule has 0 unspecified atom stereocenters. The van der Waals surface area contributed by atoms with E-state index in [2.05, 4.69) is 10.5 Å². The quantitative estimate of drug-likeness (QED) is 0.660. The molecule has 4 heteroatoms. The number of benzene rings is 1. The second kappa shape index (κ2) is 4.39. The van der Waals surface area contributed by atoms with Gasteiger partial charge in [0.25, 0.3) is 0 Å². The van der Waals surface area contributed by atoms with Crippen LogP contribution in [0, 0.1) is 11.3 Å². The van der Waals surface area contributed by atoms with Crippen LogP contribution in [0.5, 0.6) is 0 Å². The molecule has 94 valence electrons. The van der Waals surface area contributed by atoms with Crippen LogP contribution in [0.15, 0.2) is 29.4 Å². The van der Waals surface area contributed by atoms with Crippen molar-refractivity contribution in [2.24, 2.45) is 16.4 Å². The number of halogens is 1. The van der Waals surface area contributed by atoms with Gasteiger partial charge in [0, 0.05) is 16.5 Å². The van der Waals surface area contributed by atoms with Crippen LogP contribution >= 0.6 is 11.6 Å². The Hall–Kier alpha value is -1.35. The Morgan fingerprint density at radius 3 is 2.83 bits per heavy atom. The highest BCUT2D eigenvalue weighted by molar-refractivity contribution is 6.33. The van der Waals surface area contributed by atoms with Gasteiger partial charge in [-0.3, -0.25) is 4.79 Å². The highest BCUT2D eigenvalue weighted by Gasteiger charge is 2.60. The molecule has 0 bridgehead atoms. The summed E-state index contributed by atoms with van der Waals surface area (Å²) in [6.45, 7) is 0. The molecule has 1 aromatic carbocycles. The minimum Gasteiger partial charge on any atom is -0.273 e. The summed E-state index contributed by atoms with van der Waals surface area (Å²) >= 11 is 5.99. The summed E-state index contributed by atoms with van der Waals surface area (Å²) in [6.07, 6.45) is 6.32. The molecular weight excluding hydrogens is 248 g/mol. The summed E-state index contributed by atoms with van der Waals surface area (Å²) in [5.74, 6) is 0.243. The second-order valence-electron chi connectivity index (χ2n) is 5.23. The first-order chi connectivity index (χ1) is 8.71. The van der Waals surface area contributed by atoms with Gasteiger partial charge >= 0.3 is 0 Å². The summed E-state index contributed by atoms with van der Waals surface area (Å²) in [6, 6.07) is 7.42. The predicted octanol–water partition coefficient (Wildman–Crippen LogP) is 2.98. The fraction of sp³-hybridized carbons (Fsp3) is 0.429. The fourth-order valence-electron chi connectivity index (χ4n) is 2.73. The summed E-state index contributed by atoms with van der Waals surface area (Å²) in [4.78, 5) is 11.8. The molecule has 1 N–H and O–H groups in total. The third-order valence-electron chi connectivity index (χ3n) is 4.14. The van der Waals surface area contributed by atoms with Gasteiger partial charge in [0.05, 0.1) is 6.21 Å². The van der Waals surface area contributed by atoms with Crippen molar-refractivity contribution in [2.75, 3.05) is 0 Å². The maximum absolute atomic E-state index is 11.8. The number of hydrogen-bond donors (Lipinski definition) is 1. The molecule has 3 nitrogen and oxygen atoms in total. The number of rotatable bonds is 3. The number of nitrogens with one attached hydrogen (secondary N) is 1. The van der Waals surface area contributed by atoms with Gasteiger partial charge in [-0.05, 0) is 30.7 Å². The molecule has 3 rings (SSSR count). The molecule has 0 aromatic heterocycles. The first kappa shape index (κ1) is 11.7. The van der Waals surface area contributed by atoms with Crippen molar-refractivity contribution < 1.29 is 4.79 Å². The van der Waals surface area contributed by atoms with Crippen molar-refractivity contribution in [1.29, 1.82) is 0 Å². The normalized spacial score (nSPS) is 23.9. The van der Waals surface area contributed by atoms with Crippen molar-refractivity contribution >= 4 is 23.7 Å². The number of carbonyl (C=O) groups excluding carboxylic acids is 1. The first-order valence-electron chi connectivity index (χ1n) is 6.29. The zero-order chi connectivity index (χ0) is 12.6. The standard InChI is InChI=1S/C14H15ClN2O/c15-12-5-2-1-4-10(12)9-16-17-13(18)11-8-14(11)6-3-7-14/h1-2,4-5,9,11H,3,6-8H2,(H,17,18)/b16-9-/t11-/m1/s1. The van der Waals surface area contributed by atoms with Gasteiger partial charge in [-0.15, -0.1) is 0 Å². The van der Waals surface area contributed by atoms with Crippen LogP contribution in [0.25, 0.3) is 0 Å². The Labute approximate surface area is 111 Å². The number of nitrogens with zero attached hydrogens (tertiary/aromatic N) is 1. The lowest BCUT2D eigenvalue weighted by atomic mass is 9.80. The van der Waals surface area contributed by atoms with Gasteiger partial charge in [-0.25, -0.2) is 5.43 Å². The SMILES string of the molecule is O=C(N/N=C\c1ccccc1Cl)[C@H]1CC12CCC2. The molecule has 2 aliphatic rings. The smallest absolute Gasteiger partial charge is 0.243 e. The molecule has 2 fully saturated rings. The number of hydrazone groups is 1. The number of hydrogen-bond acceptors (Lipinski definition) is 2. The number of amides is 1. The summed E-state index contributed by atoms with van der Waals surface area (Å²) in [5, 5.41) is 4.62. The predicted molar refractivity (Wildman–Crippen MR) is 71.6 cm³/mol. The van der Waals surface area contributed by atoms with Crippen LogP contribution in [0.4, 0.5) is 0 Å². The lowest BCUT2D eigenvalue weighted by Gasteiger charge is -2.25. The van der Waals surface area contributed by atoms with Crippen molar-refractivity contribution in [3.8, 4) is 0 Å². The van der Waals surface area contributed by atoms with E-state index < -0.39 is 0 Å². The molecule has 1 amide bonds. The molecule has 18 heavy (non-hydrogen) atoms. The molecule has 2 saturated carbocycles. The van der Waals surface area contributed by atoms with Gasteiger partial charge in [-0.1, -0.05) is 36.2 Å². The highest BCUT2D eigenvalue weighted by Crippen LogP contribution is 2.65. The minimum absolute atomic E-state index is 0.0537. The number of carbonyl (C=O) groups is 1. The lowest BCUT2D eigenvalue weighted by molar-refractivity contribution is -0.123. The van der Waals surface area contributed by atoms with Crippen LogP contribution in [0.3, 0.4) is 0 Å². The van der Waals surface area contributed by atoms with Crippen LogP contribution in [0.1, 0.15) is 31.2 Å². The summed E-state index contributed by atoms with van der Waals surface area (Å²) in [5.41, 5.74) is 3.78. The monoisotopic (exact) mass is 262 g/mol. The van der Waals surface area contributed by atoms with Gasteiger partial charge < -0.3 is 0 Å². The maximum atomic E-state index is 11.8. The zero-order valence-corrected chi connectivity index (χ0v) is 10.8. The van der Waals surface area contributed by atoms with E-state index in [1.54, 1.807) is 12.3 Å².